The first-order valence-electron chi connectivity index (χ1n) is 7.36. The van der Waals surface area contributed by atoms with Gasteiger partial charge in [0.15, 0.2) is 6.79 Å². The van der Waals surface area contributed by atoms with E-state index in [2.05, 4.69) is 15.9 Å². The Balaban J connectivity index is 1.92. The zero-order chi connectivity index (χ0) is 16.7. The van der Waals surface area contributed by atoms with Gasteiger partial charge in [0.2, 0.25) is 0 Å². The minimum Gasteiger partial charge on any atom is -0.497 e. The quantitative estimate of drug-likeness (QED) is 0.700. The van der Waals surface area contributed by atoms with Crippen LogP contribution in [0.3, 0.4) is 0 Å². The van der Waals surface area contributed by atoms with Crippen LogP contribution in [0.4, 0.5) is 0 Å². The van der Waals surface area contributed by atoms with Crippen LogP contribution in [0.15, 0.2) is 46.9 Å². The molecule has 0 spiro atoms. The first-order chi connectivity index (χ1) is 11.1. The van der Waals surface area contributed by atoms with Crippen molar-refractivity contribution in [3.8, 4) is 11.5 Å². The first kappa shape index (κ1) is 17.8. The lowest BCUT2D eigenvalue weighted by atomic mass is 10.0. The number of methoxy groups -OCH3 is 2. The molecule has 0 aliphatic heterocycles. The van der Waals surface area contributed by atoms with Gasteiger partial charge in [0.1, 0.15) is 11.5 Å². The highest BCUT2D eigenvalue weighted by atomic mass is 79.9. The second-order valence-corrected chi connectivity index (χ2v) is 5.99. The smallest absolute Gasteiger partial charge is 0.188 e. The molecule has 0 saturated heterocycles. The van der Waals surface area contributed by atoms with E-state index in [0.29, 0.717) is 6.42 Å². The average Bonchev–Trinajstić information content (AvgIpc) is 2.59. The Hall–Kier alpha value is -1.56. The number of ether oxygens (including phenoxy) is 3. The fourth-order valence-corrected chi connectivity index (χ4v) is 2.79. The molecule has 23 heavy (non-hydrogen) atoms. The Morgan fingerprint density at radius 3 is 2.35 bits per heavy atom. The summed E-state index contributed by atoms with van der Waals surface area (Å²) in [4.78, 5) is 0. The Morgan fingerprint density at radius 2 is 1.74 bits per heavy atom. The molecule has 0 fully saturated rings. The number of rotatable bonds is 8. The minimum atomic E-state index is -0.513. The highest BCUT2D eigenvalue weighted by Gasteiger charge is 2.10. The number of hydrogen-bond acceptors (Lipinski definition) is 4. The van der Waals surface area contributed by atoms with E-state index in [0.717, 1.165) is 33.5 Å². The summed E-state index contributed by atoms with van der Waals surface area (Å²) in [5, 5.41) is 10.3. The number of aliphatic hydroxyl groups excluding tert-OH is 1. The van der Waals surface area contributed by atoms with E-state index in [1.54, 1.807) is 14.2 Å². The number of aliphatic hydroxyl groups is 1. The van der Waals surface area contributed by atoms with Crippen LogP contribution in [0.1, 0.15) is 23.7 Å². The lowest BCUT2D eigenvalue weighted by molar-refractivity contribution is 0.0511. The maximum absolute atomic E-state index is 10.3. The molecule has 124 valence electrons. The van der Waals surface area contributed by atoms with E-state index in [9.17, 15) is 5.11 Å². The van der Waals surface area contributed by atoms with Gasteiger partial charge in [0, 0.05) is 11.6 Å². The van der Waals surface area contributed by atoms with Crippen LogP contribution in [-0.4, -0.2) is 26.1 Å². The molecular weight excluding hydrogens is 360 g/mol. The van der Waals surface area contributed by atoms with Crippen molar-refractivity contribution in [2.45, 2.75) is 18.9 Å². The highest BCUT2D eigenvalue weighted by Crippen LogP contribution is 2.27. The van der Waals surface area contributed by atoms with Gasteiger partial charge in [-0.3, -0.25) is 0 Å². The van der Waals surface area contributed by atoms with Crippen molar-refractivity contribution in [1.29, 1.82) is 0 Å². The summed E-state index contributed by atoms with van der Waals surface area (Å²) in [6, 6.07) is 13.3. The van der Waals surface area contributed by atoms with Gasteiger partial charge in [-0.05, 0) is 48.2 Å². The molecule has 0 unspecified atom stereocenters. The molecular formula is C18H21BrO4. The summed E-state index contributed by atoms with van der Waals surface area (Å²) >= 11 is 3.54. The van der Waals surface area contributed by atoms with E-state index < -0.39 is 6.10 Å². The van der Waals surface area contributed by atoms with Crippen molar-refractivity contribution < 1.29 is 19.3 Å². The van der Waals surface area contributed by atoms with Crippen molar-refractivity contribution in [2.75, 3.05) is 21.0 Å². The Morgan fingerprint density at radius 1 is 1.04 bits per heavy atom. The molecule has 0 amide bonds. The lowest BCUT2D eigenvalue weighted by Crippen LogP contribution is -2.02. The van der Waals surface area contributed by atoms with Crippen LogP contribution in [-0.2, 0) is 11.2 Å². The van der Waals surface area contributed by atoms with Gasteiger partial charge in [-0.15, -0.1) is 0 Å². The van der Waals surface area contributed by atoms with Gasteiger partial charge in [0.25, 0.3) is 0 Å². The van der Waals surface area contributed by atoms with Gasteiger partial charge < -0.3 is 19.3 Å². The van der Waals surface area contributed by atoms with Gasteiger partial charge in [-0.1, -0.05) is 34.1 Å². The Bertz CT molecular complexity index is 613. The van der Waals surface area contributed by atoms with E-state index in [4.69, 9.17) is 14.2 Å². The second kappa shape index (κ2) is 8.91. The van der Waals surface area contributed by atoms with Gasteiger partial charge in [0.05, 0.1) is 13.2 Å². The van der Waals surface area contributed by atoms with Crippen molar-refractivity contribution in [1.82, 2.24) is 0 Å². The van der Waals surface area contributed by atoms with Crippen LogP contribution in [0.5, 0.6) is 11.5 Å². The van der Waals surface area contributed by atoms with Crippen molar-refractivity contribution in [3.05, 3.63) is 58.1 Å². The molecule has 0 bridgehead atoms. The normalized spacial score (nSPS) is 12.0. The third-order valence-corrected chi connectivity index (χ3v) is 4.29. The molecule has 1 N–H and O–H groups in total. The molecule has 0 aliphatic carbocycles. The molecule has 2 aromatic rings. The Labute approximate surface area is 145 Å². The third-order valence-electron chi connectivity index (χ3n) is 3.56. The topological polar surface area (TPSA) is 47.9 Å². The number of halogens is 1. The predicted octanol–water partition coefficient (Wildman–Crippen LogP) is 4.11. The van der Waals surface area contributed by atoms with E-state index in [1.807, 2.05) is 42.5 Å². The molecule has 0 aliphatic rings. The summed E-state index contributed by atoms with van der Waals surface area (Å²) in [6.07, 6.45) is 0.900. The number of benzene rings is 2. The largest absolute Gasteiger partial charge is 0.497 e. The zero-order valence-electron chi connectivity index (χ0n) is 13.3. The molecule has 2 aromatic carbocycles. The third kappa shape index (κ3) is 5.23. The number of hydrogen-bond donors (Lipinski definition) is 1. The highest BCUT2D eigenvalue weighted by molar-refractivity contribution is 9.10. The lowest BCUT2D eigenvalue weighted by Gasteiger charge is -2.13. The number of aryl methyl sites for hydroxylation is 1. The Kier molecular flexibility index (Phi) is 6.89. The fourth-order valence-electron chi connectivity index (χ4n) is 2.23. The van der Waals surface area contributed by atoms with Crippen LogP contribution in [0.25, 0.3) is 0 Å². The summed E-state index contributed by atoms with van der Waals surface area (Å²) in [5.41, 5.74) is 2.02. The molecule has 5 heteroatoms. The molecule has 2 rings (SSSR count). The van der Waals surface area contributed by atoms with Gasteiger partial charge in [-0.25, -0.2) is 0 Å². The summed E-state index contributed by atoms with van der Waals surface area (Å²) in [5.74, 6) is 1.54. The van der Waals surface area contributed by atoms with Gasteiger partial charge >= 0.3 is 0 Å². The summed E-state index contributed by atoms with van der Waals surface area (Å²) in [7, 11) is 3.22. The molecule has 0 heterocycles. The van der Waals surface area contributed by atoms with Crippen LogP contribution >= 0.6 is 15.9 Å². The minimum absolute atomic E-state index is 0.216. The van der Waals surface area contributed by atoms with E-state index in [1.165, 1.54) is 0 Å². The van der Waals surface area contributed by atoms with Crippen LogP contribution in [0, 0.1) is 0 Å². The van der Waals surface area contributed by atoms with E-state index >= 15 is 0 Å². The maximum Gasteiger partial charge on any atom is 0.188 e. The van der Waals surface area contributed by atoms with Gasteiger partial charge in [-0.2, -0.15) is 0 Å². The SMILES string of the molecule is COCOc1ccc([C@H](O)CCc2ccc(OC)cc2Br)cc1. The van der Waals surface area contributed by atoms with Crippen molar-refractivity contribution in [2.24, 2.45) is 0 Å². The molecule has 0 saturated carbocycles. The fraction of sp³-hybridized carbons (Fsp3) is 0.333. The monoisotopic (exact) mass is 380 g/mol. The summed E-state index contributed by atoms with van der Waals surface area (Å²) in [6.45, 7) is 0.216. The predicted molar refractivity (Wildman–Crippen MR) is 92.9 cm³/mol. The van der Waals surface area contributed by atoms with Crippen molar-refractivity contribution >= 4 is 15.9 Å². The van der Waals surface area contributed by atoms with Crippen LogP contribution < -0.4 is 9.47 Å². The van der Waals surface area contributed by atoms with Crippen molar-refractivity contribution in [3.63, 3.8) is 0 Å². The first-order valence-corrected chi connectivity index (χ1v) is 8.15. The average molecular weight is 381 g/mol. The second-order valence-electron chi connectivity index (χ2n) is 5.13. The van der Waals surface area contributed by atoms with Crippen LogP contribution in [0.2, 0.25) is 0 Å². The standard InChI is InChI=1S/C18H21BrO4/c1-21-12-23-15-7-4-14(5-8-15)18(20)10-6-13-3-9-16(22-2)11-17(13)19/h3-5,7-9,11,18,20H,6,10,12H2,1-2H3/t18-/m1/s1. The zero-order valence-corrected chi connectivity index (χ0v) is 14.9. The van der Waals surface area contributed by atoms with E-state index in [-0.39, 0.29) is 6.79 Å². The molecule has 1 atom stereocenters. The molecule has 0 radical (unpaired) electrons. The molecule has 4 nitrogen and oxygen atoms in total. The summed E-state index contributed by atoms with van der Waals surface area (Å²) < 4.78 is 16.4. The molecule has 0 aromatic heterocycles. The maximum atomic E-state index is 10.3.